The Morgan fingerprint density at radius 2 is 2.23 bits per heavy atom. The van der Waals surface area contributed by atoms with E-state index in [0.29, 0.717) is 22.4 Å². The molecule has 0 bridgehead atoms. The second kappa shape index (κ2) is 6.50. The first-order valence-electron chi connectivity index (χ1n) is 7.26. The van der Waals surface area contributed by atoms with Crippen molar-refractivity contribution in [3.8, 4) is 5.75 Å². The summed E-state index contributed by atoms with van der Waals surface area (Å²) in [5, 5.41) is 10.0. The van der Waals surface area contributed by atoms with Crippen LogP contribution in [0.3, 0.4) is 0 Å². The van der Waals surface area contributed by atoms with Crippen LogP contribution in [0.15, 0.2) is 12.1 Å². The van der Waals surface area contributed by atoms with E-state index in [-0.39, 0.29) is 5.91 Å². The third-order valence-electron chi connectivity index (χ3n) is 3.75. The van der Waals surface area contributed by atoms with Gasteiger partial charge in [0.05, 0.1) is 7.11 Å². The highest BCUT2D eigenvalue weighted by Crippen LogP contribution is 2.30. The van der Waals surface area contributed by atoms with E-state index in [1.807, 2.05) is 19.1 Å². The van der Waals surface area contributed by atoms with Crippen LogP contribution in [0.4, 0.5) is 5.82 Å². The molecule has 1 aliphatic rings. The maximum absolute atomic E-state index is 12.3. The van der Waals surface area contributed by atoms with Gasteiger partial charge in [-0.2, -0.15) is 5.10 Å². The highest BCUT2D eigenvalue weighted by Gasteiger charge is 2.20. The Morgan fingerprint density at radius 3 is 2.95 bits per heavy atom. The molecule has 0 unspecified atom stereocenters. The van der Waals surface area contributed by atoms with Gasteiger partial charge in [-0.1, -0.05) is 0 Å². The molecule has 118 valence electrons. The summed E-state index contributed by atoms with van der Waals surface area (Å²) in [5.41, 5.74) is 1.05. The van der Waals surface area contributed by atoms with Crippen molar-refractivity contribution in [3.05, 3.63) is 27.6 Å². The van der Waals surface area contributed by atoms with E-state index in [0.717, 1.165) is 36.6 Å². The number of methoxy groups -OCH3 is 1. The van der Waals surface area contributed by atoms with E-state index in [4.69, 9.17) is 9.47 Å². The van der Waals surface area contributed by atoms with Crippen molar-refractivity contribution in [2.45, 2.75) is 25.7 Å². The number of nitrogens with one attached hydrogen (secondary N) is 2. The predicted molar refractivity (Wildman–Crippen MR) is 84.9 cm³/mol. The number of nitrogens with zero attached hydrogens (tertiary/aromatic N) is 1. The molecule has 1 fully saturated rings. The van der Waals surface area contributed by atoms with Crippen LogP contribution >= 0.6 is 11.3 Å². The molecule has 0 atom stereocenters. The molecule has 1 amide bonds. The standard InChI is InChI=1S/C15H19N3O3S/c1-9-7-12(20-2)14(22-9)15(19)16-13-8-11(17-18-13)10-3-5-21-6-4-10/h7-8,10H,3-6H2,1-2H3,(H2,16,17,18,19). The summed E-state index contributed by atoms with van der Waals surface area (Å²) in [6.45, 7) is 3.50. The van der Waals surface area contributed by atoms with E-state index in [1.54, 1.807) is 7.11 Å². The van der Waals surface area contributed by atoms with E-state index in [9.17, 15) is 4.79 Å². The summed E-state index contributed by atoms with van der Waals surface area (Å²) in [4.78, 5) is 13.9. The highest BCUT2D eigenvalue weighted by atomic mass is 32.1. The van der Waals surface area contributed by atoms with Gasteiger partial charge in [-0.25, -0.2) is 0 Å². The lowest BCUT2D eigenvalue weighted by Gasteiger charge is -2.20. The van der Waals surface area contributed by atoms with Crippen molar-refractivity contribution < 1.29 is 14.3 Å². The molecule has 0 aromatic carbocycles. The van der Waals surface area contributed by atoms with E-state index >= 15 is 0 Å². The second-order valence-corrected chi connectivity index (χ2v) is 6.56. The number of carbonyl (C=O) groups excluding carboxylic acids is 1. The number of carbonyl (C=O) groups is 1. The minimum Gasteiger partial charge on any atom is -0.495 e. The molecule has 0 spiro atoms. The predicted octanol–water partition coefficient (Wildman–Crippen LogP) is 2.93. The van der Waals surface area contributed by atoms with Crippen LogP contribution < -0.4 is 10.1 Å². The molecule has 1 aliphatic heterocycles. The largest absolute Gasteiger partial charge is 0.495 e. The average molecular weight is 321 g/mol. The van der Waals surface area contributed by atoms with Gasteiger partial charge in [0.1, 0.15) is 10.6 Å². The van der Waals surface area contributed by atoms with E-state index in [2.05, 4.69) is 15.5 Å². The van der Waals surface area contributed by atoms with Crippen molar-refractivity contribution in [1.82, 2.24) is 10.2 Å². The Morgan fingerprint density at radius 1 is 1.45 bits per heavy atom. The normalized spacial score (nSPS) is 15.7. The zero-order chi connectivity index (χ0) is 15.5. The Balaban J connectivity index is 1.70. The van der Waals surface area contributed by atoms with Gasteiger partial charge in [-0.3, -0.25) is 9.89 Å². The summed E-state index contributed by atoms with van der Waals surface area (Å²) in [5.74, 6) is 1.37. The Kier molecular flexibility index (Phi) is 4.44. The number of anilines is 1. The number of ether oxygens (including phenoxy) is 2. The number of thiophene rings is 1. The third-order valence-corrected chi connectivity index (χ3v) is 4.78. The van der Waals surface area contributed by atoms with Crippen LogP contribution in [0.1, 0.15) is 39.0 Å². The first-order valence-corrected chi connectivity index (χ1v) is 8.08. The molecule has 22 heavy (non-hydrogen) atoms. The lowest BCUT2D eigenvalue weighted by Crippen LogP contribution is -2.14. The Labute approximate surface area is 132 Å². The molecule has 6 nitrogen and oxygen atoms in total. The first kappa shape index (κ1) is 15.1. The van der Waals surface area contributed by atoms with Crippen molar-refractivity contribution >= 4 is 23.1 Å². The van der Waals surface area contributed by atoms with Crippen molar-refractivity contribution in [2.24, 2.45) is 0 Å². The smallest absolute Gasteiger partial charge is 0.270 e. The average Bonchev–Trinajstić information content (AvgIpc) is 3.14. The summed E-state index contributed by atoms with van der Waals surface area (Å²) >= 11 is 1.41. The minimum absolute atomic E-state index is 0.194. The van der Waals surface area contributed by atoms with Crippen LogP contribution in [-0.2, 0) is 4.74 Å². The van der Waals surface area contributed by atoms with Gasteiger partial charge in [0.2, 0.25) is 0 Å². The molecule has 3 rings (SSSR count). The number of H-pyrrole nitrogens is 1. The zero-order valence-corrected chi connectivity index (χ0v) is 13.5. The van der Waals surface area contributed by atoms with E-state index < -0.39 is 0 Å². The van der Waals surface area contributed by atoms with Gasteiger partial charge in [0, 0.05) is 35.8 Å². The molecule has 7 heteroatoms. The molecule has 2 aromatic heterocycles. The van der Waals surface area contributed by atoms with Gasteiger partial charge < -0.3 is 14.8 Å². The highest BCUT2D eigenvalue weighted by molar-refractivity contribution is 7.14. The number of rotatable bonds is 4. The summed E-state index contributed by atoms with van der Waals surface area (Å²) < 4.78 is 10.6. The van der Waals surface area contributed by atoms with Crippen molar-refractivity contribution in [2.75, 3.05) is 25.6 Å². The monoisotopic (exact) mass is 321 g/mol. The molecular weight excluding hydrogens is 302 g/mol. The lowest BCUT2D eigenvalue weighted by molar-refractivity contribution is 0.0845. The molecule has 1 saturated heterocycles. The molecule has 2 N–H and O–H groups in total. The zero-order valence-electron chi connectivity index (χ0n) is 12.6. The van der Waals surface area contributed by atoms with Gasteiger partial charge in [0.15, 0.2) is 5.82 Å². The van der Waals surface area contributed by atoms with Crippen LogP contribution in [0.2, 0.25) is 0 Å². The third kappa shape index (κ3) is 3.15. The Hall–Kier alpha value is -1.86. The number of aromatic nitrogens is 2. The second-order valence-electron chi connectivity index (χ2n) is 5.30. The number of hydrogen-bond acceptors (Lipinski definition) is 5. The maximum Gasteiger partial charge on any atom is 0.270 e. The SMILES string of the molecule is COc1cc(C)sc1C(=O)Nc1cc(C2CCOCC2)[nH]n1. The molecule has 2 aromatic rings. The maximum atomic E-state index is 12.3. The van der Waals surface area contributed by atoms with Crippen LogP contribution in [0, 0.1) is 6.92 Å². The summed E-state index contributed by atoms with van der Waals surface area (Å²) in [6.07, 6.45) is 1.96. The molecule has 3 heterocycles. The molecule has 0 saturated carbocycles. The number of amides is 1. The molecule has 0 aliphatic carbocycles. The van der Waals surface area contributed by atoms with E-state index in [1.165, 1.54) is 11.3 Å². The fourth-order valence-corrected chi connectivity index (χ4v) is 3.47. The number of aromatic amines is 1. The van der Waals surface area contributed by atoms with Crippen molar-refractivity contribution in [1.29, 1.82) is 0 Å². The quantitative estimate of drug-likeness (QED) is 0.908. The van der Waals surface area contributed by atoms with Gasteiger partial charge in [0.25, 0.3) is 5.91 Å². The minimum atomic E-state index is -0.194. The number of aryl methyl sites for hydroxylation is 1. The fourth-order valence-electron chi connectivity index (χ4n) is 2.59. The summed E-state index contributed by atoms with van der Waals surface area (Å²) in [7, 11) is 1.57. The molecular formula is C15H19N3O3S. The fraction of sp³-hybridized carbons (Fsp3) is 0.467. The lowest BCUT2D eigenvalue weighted by atomic mass is 9.97. The molecule has 0 radical (unpaired) electrons. The van der Waals surface area contributed by atoms with Crippen LogP contribution in [-0.4, -0.2) is 36.4 Å². The van der Waals surface area contributed by atoms with Crippen LogP contribution in [0.5, 0.6) is 5.75 Å². The summed E-state index contributed by atoms with van der Waals surface area (Å²) in [6, 6.07) is 3.76. The van der Waals surface area contributed by atoms with Crippen LogP contribution in [0.25, 0.3) is 0 Å². The van der Waals surface area contributed by atoms with Gasteiger partial charge in [-0.05, 0) is 25.8 Å². The Bertz CT molecular complexity index is 659. The topological polar surface area (TPSA) is 76.2 Å². The van der Waals surface area contributed by atoms with Gasteiger partial charge in [-0.15, -0.1) is 11.3 Å². The first-order chi connectivity index (χ1) is 10.7. The number of hydrogen-bond donors (Lipinski definition) is 2. The van der Waals surface area contributed by atoms with Gasteiger partial charge >= 0.3 is 0 Å². The van der Waals surface area contributed by atoms with Crippen molar-refractivity contribution in [3.63, 3.8) is 0 Å².